The van der Waals surface area contributed by atoms with Gasteiger partial charge in [0.1, 0.15) is 0 Å². The van der Waals surface area contributed by atoms with Gasteiger partial charge in [0.25, 0.3) is 0 Å². The third-order valence-corrected chi connectivity index (χ3v) is 1.83. The molecule has 0 aromatic carbocycles. The van der Waals surface area contributed by atoms with Crippen molar-refractivity contribution in [1.82, 2.24) is 9.78 Å². The number of hydrogen-bond acceptors (Lipinski definition) is 1. The fourth-order valence-electron chi connectivity index (χ4n) is 0.986. The molecule has 1 rings (SSSR count). The molecule has 0 aliphatic carbocycles. The van der Waals surface area contributed by atoms with Gasteiger partial charge in [0.05, 0.1) is 6.20 Å². The summed E-state index contributed by atoms with van der Waals surface area (Å²) in [4.78, 5) is 0. The first kappa shape index (κ1) is 11.9. The van der Waals surface area contributed by atoms with Crippen LogP contribution in [0.2, 0.25) is 0 Å². The molecule has 1 aromatic heterocycles. The molecule has 2 nitrogen and oxygen atoms in total. The van der Waals surface area contributed by atoms with Crippen molar-refractivity contribution in [2.24, 2.45) is 0 Å². The zero-order chi connectivity index (χ0) is 11.7. The molecule has 0 spiro atoms. The van der Waals surface area contributed by atoms with Crippen LogP contribution >= 0.6 is 0 Å². The average molecular weight is 228 g/mol. The summed E-state index contributed by atoms with van der Waals surface area (Å²) in [7, 11) is 0. The van der Waals surface area contributed by atoms with Crippen molar-refractivity contribution >= 4 is 0 Å². The second-order valence-electron chi connectivity index (χ2n) is 3.23. The van der Waals surface area contributed by atoms with Gasteiger partial charge in [-0.05, 0) is 12.5 Å². The van der Waals surface area contributed by atoms with Crippen LogP contribution in [0.3, 0.4) is 0 Å². The van der Waals surface area contributed by atoms with Crippen molar-refractivity contribution in [1.29, 1.82) is 0 Å². The quantitative estimate of drug-likeness (QED) is 0.727. The van der Waals surface area contributed by atoms with Gasteiger partial charge in [-0.25, -0.2) is 0 Å². The summed E-state index contributed by atoms with van der Waals surface area (Å²) >= 11 is 0. The van der Waals surface area contributed by atoms with E-state index < -0.39 is 25.1 Å². The van der Waals surface area contributed by atoms with E-state index in [0.717, 1.165) is 4.68 Å². The van der Waals surface area contributed by atoms with Crippen molar-refractivity contribution < 1.29 is 22.0 Å². The summed E-state index contributed by atoms with van der Waals surface area (Å²) in [5.41, 5.74) is 0.713. The number of hydrogen-bond donors (Lipinski definition) is 0. The third-order valence-electron chi connectivity index (χ3n) is 1.83. The van der Waals surface area contributed by atoms with Crippen molar-refractivity contribution in [3.63, 3.8) is 0 Å². The van der Waals surface area contributed by atoms with Gasteiger partial charge >= 0.3 is 12.1 Å². The molecule has 0 aliphatic rings. The largest absolute Gasteiger partial charge is 0.453 e. The molecule has 0 aliphatic heterocycles. The molecule has 0 bridgehead atoms. The van der Waals surface area contributed by atoms with E-state index in [2.05, 4.69) is 5.10 Å². The molecule has 1 aromatic rings. The summed E-state index contributed by atoms with van der Waals surface area (Å²) in [6, 6.07) is 0. The van der Waals surface area contributed by atoms with Gasteiger partial charge in [0, 0.05) is 19.2 Å². The van der Waals surface area contributed by atoms with Crippen LogP contribution in [0.15, 0.2) is 12.4 Å². The Morgan fingerprint density at radius 1 is 1.27 bits per heavy atom. The highest BCUT2D eigenvalue weighted by Gasteiger charge is 2.56. The fourth-order valence-corrected chi connectivity index (χ4v) is 0.986. The number of alkyl halides is 5. The second-order valence-corrected chi connectivity index (χ2v) is 3.23. The molecule has 7 heteroatoms. The van der Waals surface area contributed by atoms with E-state index in [9.17, 15) is 22.0 Å². The van der Waals surface area contributed by atoms with Crippen molar-refractivity contribution in [2.75, 3.05) is 0 Å². The maximum Gasteiger partial charge on any atom is 0.453 e. The molecule has 0 N–H and O–H groups in total. The first-order chi connectivity index (χ1) is 6.72. The molecular weight excluding hydrogens is 219 g/mol. The maximum atomic E-state index is 12.5. The number of aryl methyl sites for hydroxylation is 2. The van der Waals surface area contributed by atoms with Gasteiger partial charge in [-0.3, -0.25) is 4.68 Å². The Morgan fingerprint density at radius 2 is 1.87 bits per heavy atom. The van der Waals surface area contributed by atoms with E-state index in [4.69, 9.17) is 0 Å². The van der Waals surface area contributed by atoms with E-state index in [1.165, 1.54) is 12.4 Å². The lowest BCUT2D eigenvalue weighted by molar-refractivity contribution is -0.285. The minimum atomic E-state index is -5.49. The zero-order valence-electron chi connectivity index (χ0n) is 7.85. The second kappa shape index (κ2) is 3.79. The fraction of sp³-hybridized carbons (Fsp3) is 0.625. The highest BCUT2D eigenvalue weighted by atomic mass is 19.4. The van der Waals surface area contributed by atoms with E-state index >= 15 is 0 Å². The monoisotopic (exact) mass is 228 g/mol. The SMILES string of the molecule is Cc1cnn(CCC(F)(F)C(F)(F)F)c1. The molecular formula is C8H9F5N2. The van der Waals surface area contributed by atoms with Crippen LogP contribution in [0.1, 0.15) is 12.0 Å². The van der Waals surface area contributed by atoms with E-state index in [0.29, 0.717) is 5.56 Å². The molecule has 1 heterocycles. The smallest absolute Gasteiger partial charge is 0.272 e. The minimum Gasteiger partial charge on any atom is -0.272 e. The van der Waals surface area contributed by atoms with Crippen molar-refractivity contribution in [2.45, 2.75) is 32.0 Å². The lowest BCUT2D eigenvalue weighted by atomic mass is 10.2. The highest BCUT2D eigenvalue weighted by Crippen LogP contribution is 2.38. The Labute approximate surface area is 82.7 Å². The predicted molar refractivity (Wildman–Crippen MR) is 42.6 cm³/mol. The first-order valence-corrected chi connectivity index (χ1v) is 4.16. The van der Waals surface area contributed by atoms with E-state index in [1.807, 2.05) is 0 Å². The molecule has 0 amide bonds. The van der Waals surface area contributed by atoms with Crippen molar-refractivity contribution in [3.8, 4) is 0 Å². The molecule has 86 valence electrons. The Hall–Kier alpha value is -1.14. The average Bonchev–Trinajstić information content (AvgIpc) is 2.46. The molecule has 0 atom stereocenters. The van der Waals surface area contributed by atoms with Gasteiger partial charge < -0.3 is 0 Å². The van der Waals surface area contributed by atoms with Crippen LogP contribution in [-0.4, -0.2) is 21.9 Å². The Morgan fingerprint density at radius 3 is 2.27 bits per heavy atom. The molecule has 0 saturated carbocycles. The highest BCUT2D eigenvalue weighted by molar-refractivity contribution is 4.99. The Bertz CT molecular complexity index is 328. The zero-order valence-corrected chi connectivity index (χ0v) is 7.85. The summed E-state index contributed by atoms with van der Waals surface area (Å²) in [5.74, 6) is -4.66. The van der Waals surface area contributed by atoms with Gasteiger partial charge in [-0.2, -0.15) is 27.1 Å². The van der Waals surface area contributed by atoms with Crippen LogP contribution in [0.5, 0.6) is 0 Å². The molecule has 0 radical (unpaired) electrons. The lowest BCUT2D eigenvalue weighted by Gasteiger charge is -2.19. The topological polar surface area (TPSA) is 17.8 Å². The standard InChI is InChI=1S/C8H9F5N2/c1-6-4-14-15(5-6)3-2-7(9,10)8(11,12)13/h4-5H,2-3H2,1H3. The Kier molecular flexibility index (Phi) is 3.01. The predicted octanol–water partition coefficient (Wildman–Crippen LogP) is 2.78. The molecule has 0 unspecified atom stereocenters. The van der Waals surface area contributed by atoms with Crippen LogP contribution < -0.4 is 0 Å². The van der Waals surface area contributed by atoms with Crippen LogP contribution in [0, 0.1) is 6.92 Å². The number of nitrogens with zero attached hydrogens (tertiary/aromatic N) is 2. The summed E-state index contributed by atoms with van der Waals surface area (Å²) < 4.78 is 61.3. The van der Waals surface area contributed by atoms with Gasteiger partial charge in [0.2, 0.25) is 0 Å². The number of aromatic nitrogens is 2. The van der Waals surface area contributed by atoms with Crippen LogP contribution in [-0.2, 0) is 6.54 Å². The van der Waals surface area contributed by atoms with Gasteiger partial charge in [0.15, 0.2) is 0 Å². The first-order valence-electron chi connectivity index (χ1n) is 4.16. The van der Waals surface area contributed by atoms with Gasteiger partial charge in [-0.15, -0.1) is 0 Å². The van der Waals surface area contributed by atoms with Crippen molar-refractivity contribution in [3.05, 3.63) is 18.0 Å². The molecule has 15 heavy (non-hydrogen) atoms. The van der Waals surface area contributed by atoms with E-state index in [-0.39, 0.29) is 0 Å². The number of halogens is 5. The lowest BCUT2D eigenvalue weighted by Crippen LogP contribution is -2.37. The normalized spacial score (nSPS) is 13.2. The van der Waals surface area contributed by atoms with Crippen LogP contribution in [0.4, 0.5) is 22.0 Å². The van der Waals surface area contributed by atoms with E-state index in [1.54, 1.807) is 6.92 Å². The molecule has 0 saturated heterocycles. The summed E-state index contributed by atoms with van der Waals surface area (Å²) in [6.45, 7) is 1.21. The Balaban J connectivity index is 2.57. The van der Waals surface area contributed by atoms with Crippen LogP contribution in [0.25, 0.3) is 0 Å². The van der Waals surface area contributed by atoms with Gasteiger partial charge in [-0.1, -0.05) is 0 Å². The third kappa shape index (κ3) is 2.90. The minimum absolute atomic E-state index is 0.458. The molecule has 0 fully saturated rings. The summed E-state index contributed by atoms with van der Waals surface area (Å²) in [5, 5.41) is 3.62. The number of rotatable bonds is 3. The summed E-state index contributed by atoms with van der Waals surface area (Å²) in [6.07, 6.45) is -3.98. The maximum absolute atomic E-state index is 12.5.